The number of aromatic nitrogens is 2. The Hall–Kier alpha value is -3.19. The maximum Gasteiger partial charge on any atom is 0.328 e. The van der Waals surface area contributed by atoms with E-state index in [0.717, 1.165) is 39.1 Å². The lowest BCUT2D eigenvalue weighted by Crippen LogP contribution is -2.20. The van der Waals surface area contributed by atoms with Crippen LogP contribution in [0, 0.1) is 0 Å². The number of nitrogens with one attached hydrogen (secondary N) is 1. The molecule has 0 saturated heterocycles. The zero-order valence-electron chi connectivity index (χ0n) is 14.2. The molecule has 0 bridgehead atoms. The van der Waals surface area contributed by atoms with Gasteiger partial charge in [0, 0.05) is 40.5 Å². The van der Waals surface area contributed by atoms with Crippen LogP contribution in [0.3, 0.4) is 0 Å². The molecule has 0 fully saturated rings. The first-order chi connectivity index (χ1) is 13.0. The summed E-state index contributed by atoms with van der Waals surface area (Å²) in [4.78, 5) is 22.3. The van der Waals surface area contributed by atoms with Crippen LogP contribution in [-0.2, 0) is 16.1 Å². The van der Waals surface area contributed by atoms with E-state index in [0.29, 0.717) is 0 Å². The maximum atomic E-state index is 11.8. The SMILES string of the molecule is O=C(O)C=CC(=O)NCc1cn(-c2ccccc2)nc1-c1ccc(Br)cc1. The number of carboxylic acid groups (broad SMARTS) is 1. The third-order valence-corrected chi connectivity index (χ3v) is 4.29. The molecule has 2 N–H and O–H groups in total. The second kappa shape index (κ2) is 8.46. The van der Waals surface area contributed by atoms with E-state index in [1.165, 1.54) is 0 Å². The number of hydrogen-bond donors (Lipinski definition) is 2. The van der Waals surface area contributed by atoms with Crippen molar-refractivity contribution in [1.82, 2.24) is 15.1 Å². The quantitative estimate of drug-likeness (QED) is 0.591. The predicted molar refractivity (Wildman–Crippen MR) is 105 cm³/mol. The summed E-state index contributed by atoms with van der Waals surface area (Å²) in [5.74, 6) is -1.65. The van der Waals surface area contributed by atoms with Gasteiger partial charge in [-0.2, -0.15) is 5.10 Å². The molecular weight excluding hydrogens is 410 g/mol. The average Bonchev–Trinajstić information content (AvgIpc) is 3.10. The predicted octanol–water partition coefficient (Wildman–Crippen LogP) is 3.56. The number of carboxylic acids is 1. The fourth-order valence-corrected chi connectivity index (χ4v) is 2.76. The first-order valence-corrected chi connectivity index (χ1v) is 8.91. The first-order valence-electron chi connectivity index (χ1n) is 8.11. The van der Waals surface area contributed by atoms with Crippen molar-refractivity contribution in [2.45, 2.75) is 6.54 Å². The van der Waals surface area contributed by atoms with Crippen molar-refractivity contribution < 1.29 is 14.7 Å². The number of carbonyl (C=O) groups excluding carboxylic acids is 1. The number of nitrogens with zero attached hydrogens (tertiary/aromatic N) is 2. The first kappa shape index (κ1) is 18.6. The van der Waals surface area contributed by atoms with Crippen LogP contribution in [0.4, 0.5) is 0 Å². The molecule has 0 spiro atoms. The van der Waals surface area contributed by atoms with Crippen molar-refractivity contribution in [3.05, 3.63) is 83.0 Å². The molecule has 136 valence electrons. The lowest BCUT2D eigenvalue weighted by Gasteiger charge is -2.03. The van der Waals surface area contributed by atoms with Crippen LogP contribution in [-0.4, -0.2) is 26.8 Å². The Balaban J connectivity index is 1.90. The summed E-state index contributed by atoms with van der Waals surface area (Å²) in [7, 11) is 0. The molecule has 0 aliphatic carbocycles. The topological polar surface area (TPSA) is 84.2 Å². The number of benzene rings is 2. The minimum absolute atomic E-state index is 0.223. The summed E-state index contributed by atoms with van der Waals surface area (Å²) in [6.45, 7) is 0.223. The molecule has 0 atom stereocenters. The Morgan fingerprint density at radius 3 is 2.44 bits per heavy atom. The van der Waals surface area contributed by atoms with Gasteiger partial charge in [-0.3, -0.25) is 4.79 Å². The minimum Gasteiger partial charge on any atom is -0.478 e. The lowest BCUT2D eigenvalue weighted by molar-refractivity contribution is -0.131. The molecule has 1 aromatic heterocycles. The third kappa shape index (κ3) is 4.92. The number of halogens is 1. The van der Waals surface area contributed by atoms with Crippen molar-refractivity contribution in [2.24, 2.45) is 0 Å². The van der Waals surface area contributed by atoms with Crippen LogP contribution in [0.2, 0.25) is 0 Å². The van der Waals surface area contributed by atoms with Gasteiger partial charge in [0.15, 0.2) is 0 Å². The number of hydrogen-bond acceptors (Lipinski definition) is 3. The van der Waals surface area contributed by atoms with E-state index < -0.39 is 11.9 Å². The fraction of sp³-hybridized carbons (Fsp3) is 0.0500. The van der Waals surface area contributed by atoms with Gasteiger partial charge in [0.1, 0.15) is 0 Å². The summed E-state index contributed by atoms with van der Waals surface area (Å²) in [5.41, 5.74) is 3.38. The minimum atomic E-state index is -1.17. The number of carbonyl (C=O) groups is 2. The highest BCUT2D eigenvalue weighted by molar-refractivity contribution is 9.10. The largest absolute Gasteiger partial charge is 0.478 e. The summed E-state index contributed by atoms with van der Waals surface area (Å²) in [6, 6.07) is 17.4. The highest BCUT2D eigenvalue weighted by Crippen LogP contribution is 2.25. The molecule has 3 rings (SSSR count). The highest BCUT2D eigenvalue weighted by Gasteiger charge is 2.13. The number of aliphatic carboxylic acids is 1. The molecule has 0 aliphatic rings. The van der Waals surface area contributed by atoms with Crippen molar-refractivity contribution >= 4 is 27.8 Å². The smallest absolute Gasteiger partial charge is 0.328 e. The number of para-hydroxylation sites is 1. The van der Waals surface area contributed by atoms with Gasteiger partial charge in [-0.25, -0.2) is 9.48 Å². The van der Waals surface area contributed by atoms with E-state index >= 15 is 0 Å². The standard InChI is InChI=1S/C20H16BrN3O3/c21-16-8-6-14(7-9-16)20-15(12-22-18(25)10-11-19(26)27)13-24(23-20)17-4-2-1-3-5-17/h1-11,13H,12H2,(H,22,25)(H,26,27). The van der Waals surface area contributed by atoms with E-state index in [1.54, 1.807) is 4.68 Å². The van der Waals surface area contributed by atoms with E-state index in [-0.39, 0.29) is 6.54 Å². The number of rotatable bonds is 6. The zero-order chi connectivity index (χ0) is 19.2. The summed E-state index contributed by atoms with van der Waals surface area (Å²) in [6.07, 6.45) is 3.65. The zero-order valence-corrected chi connectivity index (χ0v) is 15.8. The van der Waals surface area contributed by atoms with E-state index in [1.807, 2.05) is 60.8 Å². The van der Waals surface area contributed by atoms with Gasteiger partial charge < -0.3 is 10.4 Å². The van der Waals surface area contributed by atoms with Gasteiger partial charge in [0.25, 0.3) is 0 Å². The van der Waals surface area contributed by atoms with Gasteiger partial charge >= 0.3 is 5.97 Å². The molecule has 7 heteroatoms. The van der Waals surface area contributed by atoms with Gasteiger partial charge in [0.05, 0.1) is 11.4 Å². The fourth-order valence-electron chi connectivity index (χ4n) is 2.49. The van der Waals surface area contributed by atoms with Crippen LogP contribution < -0.4 is 5.32 Å². The van der Waals surface area contributed by atoms with E-state index in [9.17, 15) is 9.59 Å². The van der Waals surface area contributed by atoms with Crippen LogP contribution in [0.1, 0.15) is 5.56 Å². The van der Waals surface area contributed by atoms with E-state index in [4.69, 9.17) is 5.11 Å². The lowest BCUT2D eigenvalue weighted by atomic mass is 10.1. The van der Waals surface area contributed by atoms with Crippen molar-refractivity contribution in [2.75, 3.05) is 0 Å². The Labute approximate surface area is 164 Å². The summed E-state index contributed by atoms with van der Waals surface area (Å²) < 4.78 is 2.72. The monoisotopic (exact) mass is 425 g/mol. The molecule has 1 heterocycles. The van der Waals surface area contributed by atoms with Gasteiger partial charge in [-0.1, -0.05) is 46.3 Å². The van der Waals surface area contributed by atoms with Crippen molar-refractivity contribution in [3.8, 4) is 16.9 Å². The average molecular weight is 426 g/mol. The second-order valence-corrected chi connectivity index (χ2v) is 6.60. The molecule has 27 heavy (non-hydrogen) atoms. The van der Waals surface area contributed by atoms with Crippen molar-refractivity contribution in [3.63, 3.8) is 0 Å². The second-order valence-electron chi connectivity index (χ2n) is 5.68. The van der Waals surface area contributed by atoms with Crippen molar-refractivity contribution in [1.29, 1.82) is 0 Å². The Morgan fingerprint density at radius 1 is 1.07 bits per heavy atom. The molecule has 2 aromatic carbocycles. The molecule has 6 nitrogen and oxygen atoms in total. The molecule has 0 saturated carbocycles. The van der Waals surface area contributed by atoms with Crippen LogP contribution in [0.5, 0.6) is 0 Å². The van der Waals surface area contributed by atoms with Crippen LogP contribution >= 0.6 is 15.9 Å². The normalized spacial score (nSPS) is 10.9. The third-order valence-electron chi connectivity index (χ3n) is 3.76. The molecule has 0 aliphatic heterocycles. The maximum absolute atomic E-state index is 11.8. The molecule has 3 aromatic rings. The Kier molecular flexibility index (Phi) is 5.83. The molecule has 1 amide bonds. The van der Waals surface area contributed by atoms with Gasteiger partial charge in [-0.15, -0.1) is 0 Å². The van der Waals surface area contributed by atoms with Crippen LogP contribution in [0.25, 0.3) is 16.9 Å². The van der Waals surface area contributed by atoms with Gasteiger partial charge in [-0.05, 0) is 24.3 Å². The molecular formula is C20H16BrN3O3. The summed E-state index contributed by atoms with van der Waals surface area (Å²) in [5, 5.41) is 16.0. The summed E-state index contributed by atoms with van der Waals surface area (Å²) >= 11 is 3.42. The Bertz CT molecular complexity index is 979. The van der Waals surface area contributed by atoms with Crippen LogP contribution in [0.15, 0.2) is 77.4 Å². The highest BCUT2D eigenvalue weighted by atomic mass is 79.9. The Morgan fingerprint density at radius 2 is 1.78 bits per heavy atom. The van der Waals surface area contributed by atoms with E-state index in [2.05, 4.69) is 26.3 Å². The number of amides is 1. The molecule has 0 radical (unpaired) electrons. The van der Waals surface area contributed by atoms with Gasteiger partial charge in [0.2, 0.25) is 5.91 Å². The molecule has 0 unspecified atom stereocenters.